The maximum absolute atomic E-state index is 12.0. The molecule has 1 amide bonds. The normalized spacial score (nSPS) is 15.9. The van der Waals surface area contributed by atoms with E-state index in [0.29, 0.717) is 12.8 Å². The van der Waals surface area contributed by atoms with Crippen LogP contribution in [0.5, 0.6) is 0 Å². The number of rotatable bonds is 4. The Hall–Kier alpha value is -2.47. The number of hydroxylamine groups is 1. The summed E-state index contributed by atoms with van der Waals surface area (Å²) in [6.07, 6.45) is 3.58. The Labute approximate surface area is 121 Å². The number of carbonyl (C=O) groups excluding carboxylic acids is 1. The predicted molar refractivity (Wildman–Crippen MR) is 70.4 cm³/mol. The SMILES string of the molecule is N#C/[N+]([O-])=N/c1ccc(S(=O)(=O)NC(=O)C2CCC2)cc1. The van der Waals surface area contributed by atoms with Crippen LogP contribution in [0.2, 0.25) is 0 Å². The third-order valence-corrected chi connectivity index (χ3v) is 4.51. The smallest absolute Gasteiger partial charge is 0.485 e. The topological polar surface area (TPSA) is 125 Å². The molecule has 0 bridgehead atoms. The number of hydrogen-bond donors (Lipinski definition) is 1. The number of nitrogens with zero attached hydrogens (tertiary/aromatic N) is 3. The number of amides is 1. The lowest BCUT2D eigenvalue weighted by atomic mass is 9.85. The second-order valence-electron chi connectivity index (χ2n) is 4.56. The minimum atomic E-state index is -3.93. The number of nitrogens with one attached hydrogen (secondary N) is 1. The highest BCUT2D eigenvalue weighted by atomic mass is 32.2. The molecule has 8 nitrogen and oxygen atoms in total. The molecule has 1 aliphatic rings. The van der Waals surface area contributed by atoms with Crippen LogP contribution in [0.3, 0.4) is 0 Å². The van der Waals surface area contributed by atoms with Gasteiger partial charge in [-0.3, -0.25) is 4.79 Å². The summed E-state index contributed by atoms with van der Waals surface area (Å²) in [5.41, 5.74) is 0.135. The molecule has 1 saturated carbocycles. The van der Waals surface area contributed by atoms with E-state index in [1.807, 2.05) is 4.72 Å². The van der Waals surface area contributed by atoms with Gasteiger partial charge in [0.25, 0.3) is 10.0 Å². The highest BCUT2D eigenvalue weighted by Gasteiger charge is 2.28. The molecule has 0 radical (unpaired) electrons. The Morgan fingerprint density at radius 3 is 2.48 bits per heavy atom. The van der Waals surface area contributed by atoms with E-state index >= 15 is 0 Å². The van der Waals surface area contributed by atoms with Gasteiger partial charge in [-0.25, -0.2) is 13.1 Å². The first-order valence-corrected chi connectivity index (χ1v) is 7.66. The van der Waals surface area contributed by atoms with Crippen molar-refractivity contribution in [2.24, 2.45) is 11.0 Å². The molecule has 0 aliphatic heterocycles. The van der Waals surface area contributed by atoms with E-state index in [1.165, 1.54) is 30.5 Å². The molecule has 0 spiro atoms. The van der Waals surface area contributed by atoms with Crippen LogP contribution in [0.4, 0.5) is 5.69 Å². The zero-order chi connectivity index (χ0) is 15.5. The number of carbonyl (C=O) groups is 1. The van der Waals surface area contributed by atoms with Crippen molar-refractivity contribution in [3.63, 3.8) is 0 Å². The van der Waals surface area contributed by atoms with Gasteiger partial charge in [0.15, 0.2) is 5.26 Å². The van der Waals surface area contributed by atoms with Crippen molar-refractivity contribution in [2.75, 3.05) is 0 Å². The van der Waals surface area contributed by atoms with E-state index in [1.54, 1.807) is 0 Å². The monoisotopic (exact) mass is 308 g/mol. The van der Waals surface area contributed by atoms with Gasteiger partial charge in [0.2, 0.25) is 5.91 Å². The standard InChI is InChI=1S/C12H12N4O4S/c13-8-16(18)14-10-4-6-11(7-5-10)21(19,20)15-12(17)9-2-1-3-9/h4-7,9H,1-3H2,(H,15,17)/b16-14-. The van der Waals surface area contributed by atoms with Gasteiger partial charge < -0.3 is 5.21 Å². The minimum Gasteiger partial charge on any atom is -0.682 e. The molecule has 0 atom stereocenters. The highest BCUT2D eigenvalue weighted by molar-refractivity contribution is 7.90. The Balaban J connectivity index is 2.13. The van der Waals surface area contributed by atoms with E-state index in [2.05, 4.69) is 5.11 Å². The second-order valence-corrected chi connectivity index (χ2v) is 6.25. The fourth-order valence-corrected chi connectivity index (χ4v) is 2.81. The summed E-state index contributed by atoms with van der Waals surface area (Å²) in [6.45, 7) is 0. The van der Waals surface area contributed by atoms with E-state index in [4.69, 9.17) is 5.26 Å². The molecular formula is C12H12N4O4S. The molecule has 1 N–H and O–H groups in total. The summed E-state index contributed by atoms with van der Waals surface area (Å²) < 4.78 is 26.0. The van der Waals surface area contributed by atoms with Gasteiger partial charge in [-0.2, -0.15) is 0 Å². The van der Waals surface area contributed by atoms with Crippen LogP contribution in [0.15, 0.2) is 34.3 Å². The fraction of sp³-hybridized carbons (Fsp3) is 0.333. The van der Waals surface area contributed by atoms with Gasteiger partial charge in [-0.1, -0.05) is 16.4 Å². The zero-order valence-corrected chi connectivity index (χ0v) is 11.7. The molecule has 1 fully saturated rings. The minimum absolute atomic E-state index is 0.108. The average molecular weight is 308 g/mol. The predicted octanol–water partition coefficient (Wildman–Crippen LogP) is 1.37. The molecule has 2 rings (SSSR count). The van der Waals surface area contributed by atoms with Gasteiger partial charge in [-0.05, 0) is 37.1 Å². The van der Waals surface area contributed by atoms with Gasteiger partial charge >= 0.3 is 6.19 Å². The molecule has 0 heterocycles. The molecule has 9 heteroatoms. The van der Waals surface area contributed by atoms with Gasteiger partial charge in [0.05, 0.1) is 4.90 Å². The number of hydrogen-bond acceptors (Lipinski definition) is 6. The van der Waals surface area contributed by atoms with Crippen molar-refractivity contribution in [1.82, 2.24) is 4.72 Å². The maximum atomic E-state index is 12.0. The highest BCUT2D eigenvalue weighted by Crippen LogP contribution is 2.27. The van der Waals surface area contributed by atoms with Gasteiger partial charge in [0.1, 0.15) is 5.69 Å². The van der Waals surface area contributed by atoms with Gasteiger partial charge in [-0.15, -0.1) is 0 Å². The van der Waals surface area contributed by atoms with Crippen LogP contribution >= 0.6 is 0 Å². The molecule has 1 aromatic rings. The Morgan fingerprint density at radius 2 is 2.00 bits per heavy atom. The number of sulfonamides is 1. The Morgan fingerprint density at radius 1 is 1.38 bits per heavy atom. The van der Waals surface area contributed by atoms with Crippen LogP contribution in [0.25, 0.3) is 0 Å². The van der Waals surface area contributed by atoms with Crippen LogP contribution in [-0.2, 0) is 14.8 Å². The largest absolute Gasteiger partial charge is 0.682 e. The van der Waals surface area contributed by atoms with Crippen LogP contribution in [-0.4, -0.2) is 19.2 Å². The number of azo groups is 1. The molecule has 21 heavy (non-hydrogen) atoms. The van der Waals surface area contributed by atoms with E-state index < -0.39 is 15.9 Å². The third kappa shape index (κ3) is 3.55. The summed E-state index contributed by atoms with van der Waals surface area (Å²) in [5, 5.41) is 22.4. The molecular weight excluding hydrogens is 296 g/mol. The average Bonchev–Trinajstić information content (AvgIpc) is 2.36. The first kappa shape index (κ1) is 14.9. The Kier molecular flexibility index (Phi) is 4.18. The van der Waals surface area contributed by atoms with Crippen molar-refractivity contribution in [2.45, 2.75) is 24.2 Å². The first-order chi connectivity index (χ1) is 9.92. The number of nitriles is 1. The zero-order valence-electron chi connectivity index (χ0n) is 10.9. The van der Waals surface area contributed by atoms with E-state index in [-0.39, 0.29) is 21.4 Å². The van der Waals surface area contributed by atoms with Gasteiger partial charge in [0, 0.05) is 5.92 Å². The maximum Gasteiger partial charge on any atom is 0.485 e. The lowest BCUT2D eigenvalue weighted by molar-refractivity contribution is -0.433. The van der Waals surface area contributed by atoms with Crippen molar-refractivity contribution in [3.8, 4) is 6.19 Å². The summed E-state index contributed by atoms with van der Waals surface area (Å²) in [7, 11) is -3.93. The molecule has 0 aromatic heterocycles. The summed E-state index contributed by atoms with van der Waals surface area (Å²) in [5.74, 6) is -0.732. The summed E-state index contributed by atoms with van der Waals surface area (Å²) >= 11 is 0. The lowest BCUT2D eigenvalue weighted by Gasteiger charge is -2.23. The molecule has 110 valence electrons. The molecule has 1 aliphatic carbocycles. The Bertz CT molecular complexity index is 715. The van der Waals surface area contributed by atoms with Crippen molar-refractivity contribution in [3.05, 3.63) is 29.5 Å². The van der Waals surface area contributed by atoms with Crippen LogP contribution in [0, 0.1) is 22.6 Å². The van der Waals surface area contributed by atoms with Crippen molar-refractivity contribution >= 4 is 21.6 Å². The quantitative estimate of drug-likeness (QED) is 0.295. The summed E-state index contributed by atoms with van der Waals surface area (Å²) in [4.78, 5) is 11.4. The molecule has 0 saturated heterocycles. The van der Waals surface area contributed by atoms with E-state index in [0.717, 1.165) is 6.42 Å². The van der Waals surface area contributed by atoms with Crippen molar-refractivity contribution in [1.29, 1.82) is 5.26 Å². The number of benzene rings is 1. The summed E-state index contributed by atoms with van der Waals surface area (Å²) in [6, 6.07) is 4.95. The molecule has 1 aromatic carbocycles. The third-order valence-electron chi connectivity index (χ3n) is 3.15. The molecule has 0 unspecified atom stereocenters. The van der Waals surface area contributed by atoms with E-state index in [9.17, 15) is 18.4 Å². The lowest BCUT2D eigenvalue weighted by Crippen LogP contribution is -2.38. The fourth-order valence-electron chi connectivity index (χ4n) is 1.76. The van der Waals surface area contributed by atoms with Crippen LogP contribution < -0.4 is 4.72 Å². The van der Waals surface area contributed by atoms with Crippen molar-refractivity contribution < 1.29 is 18.1 Å². The second kappa shape index (κ2) is 5.88. The van der Waals surface area contributed by atoms with Crippen LogP contribution in [0.1, 0.15) is 19.3 Å². The first-order valence-electron chi connectivity index (χ1n) is 6.18.